The van der Waals surface area contributed by atoms with Gasteiger partial charge in [-0.2, -0.15) is 0 Å². The lowest BCUT2D eigenvalue weighted by molar-refractivity contribution is -0.141. The number of nitrogens with one attached hydrogen (secondary N) is 3. The van der Waals surface area contributed by atoms with Crippen molar-refractivity contribution in [1.29, 1.82) is 0 Å². The predicted octanol–water partition coefficient (Wildman–Crippen LogP) is 2.74. The molecule has 3 heterocycles. The van der Waals surface area contributed by atoms with E-state index in [9.17, 15) is 19.2 Å². The number of hydrogen-bond acceptors (Lipinski definition) is 5. The maximum absolute atomic E-state index is 13.8. The first-order chi connectivity index (χ1) is 19.7. The summed E-state index contributed by atoms with van der Waals surface area (Å²) in [5.74, 6) is -0.292. The van der Waals surface area contributed by atoms with Crippen molar-refractivity contribution in [2.45, 2.75) is 83.8 Å². The second-order valence-electron chi connectivity index (χ2n) is 12.4. The van der Waals surface area contributed by atoms with E-state index in [4.69, 9.17) is 4.74 Å². The third-order valence-electron chi connectivity index (χ3n) is 8.71. The van der Waals surface area contributed by atoms with Crippen LogP contribution < -0.4 is 16.0 Å². The van der Waals surface area contributed by atoms with Gasteiger partial charge in [-0.1, -0.05) is 56.3 Å². The monoisotopic (exact) mass is 566 g/mol. The summed E-state index contributed by atoms with van der Waals surface area (Å²) >= 11 is 0. The van der Waals surface area contributed by atoms with Gasteiger partial charge in [0.05, 0.1) is 5.41 Å². The Kier molecular flexibility index (Phi) is 10.6. The van der Waals surface area contributed by atoms with Gasteiger partial charge in [0.25, 0.3) is 0 Å². The van der Waals surface area contributed by atoms with Gasteiger partial charge in [-0.25, -0.2) is 0 Å². The average Bonchev–Trinajstić information content (AvgIpc) is 2.95. The third kappa shape index (κ3) is 8.18. The van der Waals surface area contributed by atoms with Crippen LogP contribution in [0.25, 0.3) is 0 Å². The van der Waals surface area contributed by atoms with Crippen LogP contribution in [0.1, 0.15) is 64.9 Å². The summed E-state index contributed by atoms with van der Waals surface area (Å²) in [5, 5.41) is 9.22. The smallest absolute Gasteiger partial charge is 0.245 e. The molecule has 0 aliphatic carbocycles. The van der Waals surface area contributed by atoms with Gasteiger partial charge < -0.3 is 25.6 Å². The van der Waals surface area contributed by atoms with E-state index in [0.29, 0.717) is 71.2 Å². The van der Waals surface area contributed by atoms with Gasteiger partial charge in [0.1, 0.15) is 12.1 Å². The molecule has 0 unspecified atom stereocenters. The summed E-state index contributed by atoms with van der Waals surface area (Å²) < 4.78 is 5.59. The number of benzene rings is 1. The van der Waals surface area contributed by atoms with Crippen LogP contribution >= 0.6 is 0 Å². The number of hydrogen-bond donors (Lipinski definition) is 3. The normalized spacial score (nSPS) is 26.5. The van der Waals surface area contributed by atoms with Crippen molar-refractivity contribution < 1.29 is 23.9 Å². The summed E-state index contributed by atoms with van der Waals surface area (Å²) in [7, 11) is 0. The first-order valence-corrected chi connectivity index (χ1v) is 15.1. The number of allylic oxidation sites excluding steroid dienone is 2. The molecule has 3 aliphatic rings. The first-order valence-electron chi connectivity index (χ1n) is 15.1. The molecule has 1 aromatic rings. The zero-order chi connectivity index (χ0) is 29.4. The number of likely N-dealkylation sites (tertiary alicyclic amines) is 1. The maximum Gasteiger partial charge on any atom is 0.245 e. The number of piperidine rings is 1. The van der Waals surface area contributed by atoms with E-state index < -0.39 is 17.5 Å². The zero-order valence-corrected chi connectivity index (χ0v) is 24.7. The molecule has 0 radical (unpaired) electrons. The molecule has 2 fully saturated rings. The van der Waals surface area contributed by atoms with Gasteiger partial charge in [-0.3, -0.25) is 19.2 Å². The highest BCUT2D eigenvalue weighted by molar-refractivity contribution is 5.91. The highest BCUT2D eigenvalue weighted by Gasteiger charge is 2.42. The third-order valence-corrected chi connectivity index (χ3v) is 8.71. The van der Waals surface area contributed by atoms with E-state index in [-0.39, 0.29) is 41.5 Å². The molecule has 9 nitrogen and oxygen atoms in total. The Labute approximate surface area is 243 Å². The average molecular weight is 567 g/mol. The number of ether oxygens (including phenoxy) is 1. The van der Waals surface area contributed by atoms with Crippen molar-refractivity contribution in [3.8, 4) is 0 Å². The summed E-state index contributed by atoms with van der Waals surface area (Å²) in [5.41, 5.74) is 0.367. The molecule has 3 N–H and O–H groups in total. The minimum absolute atomic E-state index is 0.0167. The van der Waals surface area contributed by atoms with Gasteiger partial charge >= 0.3 is 0 Å². The van der Waals surface area contributed by atoms with Gasteiger partial charge in [0.2, 0.25) is 23.6 Å². The number of nitrogens with zero attached hydrogens (tertiary/aromatic N) is 1. The molecule has 1 aromatic carbocycles. The quantitative estimate of drug-likeness (QED) is 0.458. The molecule has 3 aliphatic heterocycles. The van der Waals surface area contributed by atoms with Crippen LogP contribution in [-0.4, -0.2) is 73.0 Å². The molecule has 2 saturated heterocycles. The Balaban J connectivity index is 1.57. The molecule has 4 atom stereocenters. The van der Waals surface area contributed by atoms with E-state index in [0.717, 1.165) is 5.56 Å². The first kappa shape index (κ1) is 30.8. The second-order valence-corrected chi connectivity index (χ2v) is 12.4. The van der Waals surface area contributed by atoms with Crippen LogP contribution in [0.4, 0.5) is 0 Å². The lowest BCUT2D eigenvalue weighted by Crippen LogP contribution is -2.59. The van der Waals surface area contributed by atoms with E-state index in [1.54, 1.807) is 0 Å². The molecule has 224 valence electrons. The summed E-state index contributed by atoms with van der Waals surface area (Å²) in [6.45, 7) is 7.55. The Morgan fingerprint density at radius 3 is 2.51 bits per heavy atom. The molecular formula is C32H46N4O5. The Hall–Kier alpha value is -3.20. The molecule has 4 amide bonds. The maximum atomic E-state index is 13.8. The molecule has 41 heavy (non-hydrogen) atoms. The molecule has 9 heteroatoms. The molecule has 1 spiro atoms. The van der Waals surface area contributed by atoms with Crippen molar-refractivity contribution >= 4 is 23.6 Å². The van der Waals surface area contributed by atoms with Crippen LogP contribution in [0, 0.1) is 17.3 Å². The Morgan fingerprint density at radius 1 is 1.10 bits per heavy atom. The zero-order valence-electron chi connectivity index (χ0n) is 24.7. The highest BCUT2D eigenvalue weighted by Crippen LogP contribution is 2.36. The van der Waals surface area contributed by atoms with Gasteiger partial charge in [-0.15, -0.1) is 0 Å². The lowest BCUT2D eigenvalue weighted by Gasteiger charge is -2.41. The number of carbonyl (C=O) groups is 4. The second kappa shape index (κ2) is 14.1. The number of fused-ring (bicyclic) bond motifs is 1. The summed E-state index contributed by atoms with van der Waals surface area (Å²) in [6, 6.07) is 8.35. The fourth-order valence-electron chi connectivity index (χ4n) is 6.34. The lowest BCUT2D eigenvalue weighted by atomic mass is 9.75. The van der Waals surface area contributed by atoms with Crippen molar-refractivity contribution in [3.63, 3.8) is 0 Å². The molecule has 0 bridgehead atoms. The predicted molar refractivity (Wildman–Crippen MR) is 157 cm³/mol. The van der Waals surface area contributed by atoms with Crippen LogP contribution in [0.2, 0.25) is 0 Å². The van der Waals surface area contributed by atoms with Crippen molar-refractivity contribution in [2.75, 3.05) is 26.3 Å². The number of rotatable bonds is 6. The number of carbonyl (C=O) groups excluding carboxylic acids is 4. The molecule has 4 rings (SSSR count). The molecular weight excluding hydrogens is 520 g/mol. The number of amides is 4. The Bertz CT molecular complexity index is 1100. The minimum Gasteiger partial charge on any atom is -0.381 e. The highest BCUT2D eigenvalue weighted by atomic mass is 16.5. The topological polar surface area (TPSA) is 117 Å². The minimum atomic E-state index is -0.705. The van der Waals surface area contributed by atoms with Crippen LogP contribution in [0.5, 0.6) is 0 Å². The Morgan fingerprint density at radius 2 is 1.83 bits per heavy atom. The van der Waals surface area contributed by atoms with Crippen LogP contribution in [0.15, 0.2) is 42.5 Å². The van der Waals surface area contributed by atoms with Crippen molar-refractivity contribution in [1.82, 2.24) is 20.9 Å². The van der Waals surface area contributed by atoms with E-state index in [1.807, 2.05) is 49.1 Å². The van der Waals surface area contributed by atoms with Gasteiger partial charge in [0.15, 0.2) is 0 Å². The molecule has 0 aromatic heterocycles. The molecule has 0 saturated carbocycles. The SMILES string of the molecule is CC(=O)N[C@H](CC(C)C)C(=O)N1CC[C@H]2NC(=O)[C@@H](Cc3ccccc3)NC(=O)C3(C/C=C/C[C@H]2C1)CCOCC3. The van der Waals surface area contributed by atoms with Crippen LogP contribution in [0.3, 0.4) is 0 Å². The van der Waals surface area contributed by atoms with Crippen LogP contribution in [-0.2, 0) is 30.3 Å². The van der Waals surface area contributed by atoms with E-state index in [1.165, 1.54) is 6.92 Å². The van der Waals surface area contributed by atoms with Gasteiger partial charge in [-0.05, 0) is 50.0 Å². The fourth-order valence-corrected chi connectivity index (χ4v) is 6.34. The fraction of sp³-hybridized carbons (Fsp3) is 0.625. The van der Waals surface area contributed by atoms with E-state index in [2.05, 4.69) is 28.1 Å². The van der Waals surface area contributed by atoms with Crippen molar-refractivity contribution in [2.24, 2.45) is 17.3 Å². The summed E-state index contributed by atoms with van der Waals surface area (Å²) in [6.07, 6.45) is 8.26. The van der Waals surface area contributed by atoms with E-state index >= 15 is 0 Å². The largest absolute Gasteiger partial charge is 0.381 e. The standard InChI is InChI=1S/C32H46N4O5/c1-22(2)19-28(33-23(3)37)30(39)36-16-12-26-25(21-36)11-7-8-13-32(14-17-41-18-15-32)31(40)35-27(29(38)34-26)20-24-9-5-4-6-10-24/h4-10,22,25-28H,11-21H2,1-3H3,(H,33,37)(H,34,38)(H,35,40)/b8-7+/t25-,26+,27+,28+/m0/s1. The van der Waals surface area contributed by atoms with Gasteiger partial charge in [0, 0.05) is 51.6 Å². The van der Waals surface area contributed by atoms with Crippen molar-refractivity contribution in [3.05, 3.63) is 48.0 Å². The summed E-state index contributed by atoms with van der Waals surface area (Å²) in [4.78, 5) is 54.7.